The van der Waals surface area contributed by atoms with Gasteiger partial charge in [-0.3, -0.25) is 9.80 Å². The predicted molar refractivity (Wildman–Crippen MR) is 226 cm³/mol. The Balaban J connectivity index is 1.58. The van der Waals surface area contributed by atoms with Gasteiger partial charge >= 0.3 is 6.09 Å². The highest BCUT2D eigenvalue weighted by Crippen LogP contribution is 2.62. The number of allylic oxidation sites excluding steroid dienone is 1. The zero-order valence-electron chi connectivity index (χ0n) is 35.2. The Labute approximate surface area is 349 Å². The van der Waals surface area contributed by atoms with Crippen LogP contribution in [0.25, 0.3) is 0 Å². The van der Waals surface area contributed by atoms with Gasteiger partial charge in [0.05, 0.1) is 24.8 Å². The molecule has 4 aliphatic rings. The van der Waals surface area contributed by atoms with Crippen LogP contribution in [0.1, 0.15) is 89.2 Å². The molecule has 11 nitrogen and oxygen atoms in total. The van der Waals surface area contributed by atoms with Crippen molar-refractivity contribution in [2.75, 3.05) is 52.7 Å². The lowest BCUT2D eigenvalue weighted by Gasteiger charge is -2.60. The van der Waals surface area contributed by atoms with Gasteiger partial charge in [-0.1, -0.05) is 48.4 Å². The molecule has 2 aliphatic carbocycles. The quantitative estimate of drug-likeness (QED) is 0.0525. The van der Waals surface area contributed by atoms with Crippen molar-refractivity contribution in [3.63, 3.8) is 0 Å². The number of rotatable bonds is 22. The zero-order chi connectivity index (χ0) is 42.0. The molecule has 6 unspecified atom stereocenters. The van der Waals surface area contributed by atoms with Gasteiger partial charge in [-0.15, -0.1) is 13.2 Å². The maximum atomic E-state index is 14.5. The van der Waals surface area contributed by atoms with Crippen LogP contribution in [0.4, 0.5) is 9.18 Å². The van der Waals surface area contributed by atoms with Crippen LogP contribution in [0, 0.1) is 23.6 Å². The molecule has 2 aliphatic heterocycles. The average molecular weight is 818 g/mol. The summed E-state index contributed by atoms with van der Waals surface area (Å²) in [5, 5.41) is 24.7. The number of aliphatic hydroxyl groups is 2. The number of halogens is 1. The van der Waals surface area contributed by atoms with E-state index in [1.165, 1.54) is 12.1 Å². The minimum absolute atomic E-state index is 0.0600. The molecule has 2 aromatic carbocycles. The van der Waals surface area contributed by atoms with E-state index >= 15 is 0 Å². The van der Waals surface area contributed by atoms with E-state index < -0.39 is 29.4 Å². The van der Waals surface area contributed by atoms with Crippen molar-refractivity contribution < 1.29 is 43.2 Å². The summed E-state index contributed by atoms with van der Waals surface area (Å²) in [7, 11) is 0. The largest absolute Gasteiger partial charge is 0.492 e. The fourth-order valence-electron chi connectivity index (χ4n) is 8.92. The summed E-state index contributed by atoms with van der Waals surface area (Å²) in [5.41, 5.74) is 2.68. The normalized spacial score (nSPS) is 25.2. The van der Waals surface area contributed by atoms with E-state index in [0.29, 0.717) is 42.9 Å². The molecule has 322 valence electrons. The lowest BCUT2D eigenvalue weighted by Crippen LogP contribution is -2.70. The van der Waals surface area contributed by atoms with Crippen LogP contribution in [0.15, 0.2) is 84.6 Å². The van der Waals surface area contributed by atoms with Crippen LogP contribution in [-0.4, -0.2) is 102 Å². The van der Waals surface area contributed by atoms with Crippen molar-refractivity contribution in [2.45, 2.75) is 102 Å². The van der Waals surface area contributed by atoms with E-state index in [1.54, 1.807) is 29.2 Å². The van der Waals surface area contributed by atoms with Crippen molar-refractivity contribution in [1.29, 1.82) is 0 Å². The van der Waals surface area contributed by atoms with Gasteiger partial charge in [-0.2, -0.15) is 0 Å². The molecule has 2 heterocycles. The van der Waals surface area contributed by atoms with Gasteiger partial charge in [0.25, 0.3) is 0 Å². The second kappa shape index (κ2) is 20.4. The Morgan fingerprint density at radius 2 is 1.78 bits per heavy atom. The summed E-state index contributed by atoms with van der Waals surface area (Å²) in [4.78, 5) is 24.7. The van der Waals surface area contributed by atoms with Gasteiger partial charge < -0.3 is 34.0 Å². The highest BCUT2D eigenvalue weighted by atomic mass is 19.1. The Kier molecular flexibility index (Phi) is 15.3. The fraction of sp³-hybridized carbons (Fsp3) is 0.574. The van der Waals surface area contributed by atoms with E-state index in [-0.39, 0.29) is 63.0 Å². The Morgan fingerprint density at radius 3 is 2.46 bits per heavy atom. The van der Waals surface area contributed by atoms with Crippen molar-refractivity contribution in [3.05, 3.63) is 96.4 Å². The number of amides is 1. The van der Waals surface area contributed by atoms with Crippen molar-refractivity contribution >= 4 is 11.8 Å². The second-order valence-electron chi connectivity index (χ2n) is 17.1. The topological polar surface area (TPSA) is 122 Å². The fourth-order valence-corrected chi connectivity index (χ4v) is 8.92. The predicted octanol–water partition coefficient (Wildman–Crippen LogP) is 8.17. The lowest BCUT2D eigenvalue weighted by atomic mass is 9.55. The minimum atomic E-state index is -1.47. The first-order valence-corrected chi connectivity index (χ1v) is 21.4. The Bertz CT molecular complexity index is 1790. The highest BCUT2D eigenvalue weighted by molar-refractivity contribution is 6.03. The van der Waals surface area contributed by atoms with Crippen LogP contribution < -0.4 is 9.47 Å². The van der Waals surface area contributed by atoms with Crippen LogP contribution in [0.2, 0.25) is 0 Å². The molecule has 12 heteroatoms. The van der Waals surface area contributed by atoms with Crippen LogP contribution in [0.5, 0.6) is 11.5 Å². The van der Waals surface area contributed by atoms with Crippen LogP contribution >= 0.6 is 0 Å². The van der Waals surface area contributed by atoms with Crippen molar-refractivity contribution in [3.8, 4) is 11.5 Å². The average Bonchev–Trinajstić information content (AvgIpc) is 4.05. The monoisotopic (exact) mass is 817 g/mol. The number of unbranched alkanes of at least 4 members (excludes halogenated alkanes) is 2. The van der Waals surface area contributed by atoms with E-state index in [2.05, 4.69) is 30.2 Å². The molecule has 0 aromatic heterocycles. The van der Waals surface area contributed by atoms with E-state index in [0.717, 1.165) is 62.2 Å². The van der Waals surface area contributed by atoms with E-state index in [4.69, 9.17) is 28.9 Å². The maximum absolute atomic E-state index is 14.5. The van der Waals surface area contributed by atoms with Gasteiger partial charge in [0, 0.05) is 57.3 Å². The first kappa shape index (κ1) is 44.3. The summed E-state index contributed by atoms with van der Waals surface area (Å²) in [6.07, 6.45) is 10.4. The number of carbonyl (C=O) groups excluding carboxylic acids is 1. The summed E-state index contributed by atoms with van der Waals surface area (Å²) in [5.74, 6) is -1.02. The standard InChI is InChI=1S/C47H64FN3O8/c1-6-8-27-56-45(54)51(32-33-15-17-35(48)18-16-33)42-31-40(49-59-46(3,4)5)38-29-34(13-9-11-24-52)37(14-10-12-25-53)43-39-30-36(55-28-23-50-21-22-50)19-20-41(39)58-47(42,44(38)43)57-26-7-2/h6-7,15-20,29-30,34,37,42-44,52-53H,1-2,8-14,21-28,31-32H2,3-5H3. The second-order valence-corrected chi connectivity index (χ2v) is 17.1. The smallest absolute Gasteiger partial charge is 0.410 e. The molecule has 6 rings (SSSR count). The van der Waals surface area contributed by atoms with Crippen LogP contribution in [-0.2, 0) is 20.9 Å². The number of benzene rings is 2. The van der Waals surface area contributed by atoms with Crippen molar-refractivity contribution in [1.82, 2.24) is 9.80 Å². The van der Waals surface area contributed by atoms with Gasteiger partial charge in [-0.25, -0.2) is 9.18 Å². The summed E-state index contributed by atoms with van der Waals surface area (Å²) in [6.45, 7) is 17.8. The highest BCUT2D eigenvalue weighted by Gasteiger charge is 2.65. The first-order chi connectivity index (χ1) is 28.5. The molecule has 1 saturated carbocycles. The zero-order valence-corrected chi connectivity index (χ0v) is 35.2. The number of fused-ring (bicyclic) bond motifs is 2. The molecule has 2 aromatic rings. The lowest BCUT2D eigenvalue weighted by molar-refractivity contribution is -0.256. The molecule has 0 radical (unpaired) electrons. The third-order valence-electron chi connectivity index (χ3n) is 11.7. The summed E-state index contributed by atoms with van der Waals surface area (Å²) in [6, 6.07) is 11.3. The third-order valence-corrected chi connectivity index (χ3v) is 11.7. The van der Waals surface area contributed by atoms with E-state index in [9.17, 15) is 19.4 Å². The van der Waals surface area contributed by atoms with Gasteiger partial charge in [0.1, 0.15) is 35.6 Å². The van der Waals surface area contributed by atoms with Gasteiger partial charge in [0.2, 0.25) is 5.79 Å². The molecule has 0 spiro atoms. The Morgan fingerprint density at radius 1 is 1.03 bits per heavy atom. The summed E-state index contributed by atoms with van der Waals surface area (Å²) >= 11 is 0. The minimum Gasteiger partial charge on any atom is -0.492 e. The molecule has 2 fully saturated rings. The third kappa shape index (κ3) is 10.9. The first-order valence-electron chi connectivity index (χ1n) is 21.4. The molecular weight excluding hydrogens is 754 g/mol. The maximum Gasteiger partial charge on any atom is 0.410 e. The van der Waals surface area contributed by atoms with Crippen LogP contribution in [0.3, 0.4) is 0 Å². The molecular formula is C47H64FN3O8. The number of carbonyl (C=O) groups is 1. The van der Waals surface area contributed by atoms with Crippen molar-refractivity contribution in [2.24, 2.45) is 22.9 Å². The molecule has 6 atom stereocenters. The van der Waals surface area contributed by atoms with E-state index in [1.807, 2.05) is 32.9 Å². The number of nitrogens with zero attached hydrogens (tertiary/aromatic N) is 3. The number of oxime groups is 1. The molecule has 1 amide bonds. The number of aliphatic hydroxyl groups excluding tert-OH is 2. The molecule has 59 heavy (non-hydrogen) atoms. The van der Waals surface area contributed by atoms with Gasteiger partial charge in [-0.05, 0) is 106 Å². The number of hydrogen-bond donors (Lipinski definition) is 2. The number of ether oxygens (including phenoxy) is 4. The number of hydrogen-bond acceptors (Lipinski definition) is 10. The summed E-state index contributed by atoms with van der Waals surface area (Å²) < 4.78 is 40.9. The molecule has 1 saturated heterocycles. The molecule has 2 N–H and O–H groups in total. The Hall–Kier alpha value is -4.23. The SMILES string of the molecule is C=CCCOC(=O)N(Cc1ccc(F)cc1)C1CC(=NOC(C)(C)C)C2=CC(CCCCO)C(CCCCO)C3c4cc(OCCN5CC5)ccc4OC1(OCC=C)C23. The molecule has 0 bridgehead atoms. The van der Waals surface area contributed by atoms with Gasteiger partial charge in [0.15, 0.2) is 0 Å².